The van der Waals surface area contributed by atoms with Gasteiger partial charge in [0.2, 0.25) is 5.91 Å². The van der Waals surface area contributed by atoms with Crippen molar-refractivity contribution in [2.45, 2.75) is 45.6 Å². The molecule has 6 nitrogen and oxygen atoms in total. The summed E-state index contributed by atoms with van der Waals surface area (Å²) < 4.78 is 1.81. The molecule has 0 spiro atoms. The van der Waals surface area contributed by atoms with Crippen LogP contribution in [0.3, 0.4) is 0 Å². The van der Waals surface area contributed by atoms with Gasteiger partial charge in [-0.2, -0.15) is 5.10 Å². The van der Waals surface area contributed by atoms with E-state index in [-0.39, 0.29) is 11.9 Å². The second kappa shape index (κ2) is 7.13. The number of anilines is 1. The van der Waals surface area contributed by atoms with Crippen molar-refractivity contribution in [1.82, 2.24) is 15.1 Å². The molecule has 1 aromatic heterocycles. The third-order valence-electron chi connectivity index (χ3n) is 5.04. The average molecular weight is 307 g/mol. The van der Waals surface area contributed by atoms with Crippen LogP contribution in [0.25, 0.3) is 0 Å². The standard InChI is InChI=1S/C16H29N5O/c1-4-16(5-2,12-17)15(22)19-13-7-6-8-21(10-13)14-9-18-20(3)11-14/h9,11,13H,4-8,10,12,17H2,1-3H3,(H,19,22). The summed E-state index contributed by atoms with van der Waals surface area (Å²) in [7, 11) is 1.92. The summed E-state index contributed by atoms with van der Waals surface area (Å²) in [6.45, 7) is 6.34. The smallest absolute Gasteiger partial charge is 0.227 e. The molecule has 0 saturated carbocycles. The van der Waals surface area contributed by atoms with Gasteiger partial charge in [-0.05, 0) is 25.7 Å². The number of piperidine rings is 1. The molecule has 2 rings (SSSR count). The number of hydrogen-bond acceptors (Lipinski definition) is 4. The van der Waals surface area contributed by atoms with Gasteiger partial charge in [0.25, 0.3) is 0 Å². The minimum absolute atomic E-state index is 0.109. The molecule has 0 aliphatic carbocycles. The first-order valence-corrected chi connectivity index (χ1v) is 8.29. The first-order chi connectivity index (χ1) is 10.5. The quantitative estimate of drug-likeness (QED) is 0.830. The lowest BCUT2D eigenvalue weighted by molar-refractivity contribution is -0.131. The summed E-state index contributed by atoms with van der Waals surface area (Å²) in [4.78, 5) is 14.9. The first kappa shape index (κ1) is 16.8. The number of aromatic nitrogens is 2. The number of amides is 1. The molecule has 1 atom stereocenters. The third kappa shape index (κ3) is 3.43. The summed E-state index contributed by atoms with van der Waals surface area (Å²) in [5.74, 6) is 0.109. The van der Waals surface area contributed by atoms with E-state index in [0.717, 1.165) is 44.5 Å². The van der Waals surface area contributed by atoms with Crippen molar-refractivity contribution >= 4 is 11.6 Å². The van der Waals surface area contributed by atoms with E-state index < -0.39 is 5.41 Å². The van der Waals surface area contributed by atoms with Gasteiger partial charge in [-0.1, -0.05) is 13.8 Å². The Labute approximate surface area is 133 Å². The summed E-state index contributed by atoms with van der Waals surface area (Å²) in [6, 6.07) is 0.186. The van der Waals surface area contributed by atoms with Crippen LogP contribution in [0.15, 0.2) is 12.4 Å². The van der Waals surface area contributed by atoms with E-state index >= 15 is 0 Å². The van der Waals surface area contributed by atoms with E-state index in [0.29, 0.717) is 6.54 Å². The molecule has 1 amide bonds. The Hall–Kier alpha value is -1.56. The molecule has 6 heteroatoms. The van der Waals surface area contributed by atoms with Gasteiger partial charge in [0, 0.05) is 38.9 Å². The zero-order chi connectivity index (χ0) is 16.2. The van der Waals surface area contributed by atoms with E-state index in [4.69, 9.17) is 5.73 Å². The number of carbonyl (C=O) groups is 1. The Morgan fingerprint density at radius 3 is 2.77 bits per heavy atom. The van der Waals surface area contributed by atoms with Crippen LogP contribution < -0.4 is 16.0 Å². The number of nitrogens with one attached hydrogen (secondary N) is 1. The first-order valence-electron chi connectivity index (χ1n) is 8.29. The van der Waals surface area contributed by atoms with E-state index in [2.05, 4.69) is 15.3 Å². The maximum absolute atomic E-state index is 12.6. The lowest BCUT2D eigenvalue weighted by Gasteiger charge is -2.36. The second-order valence-electron chi connectivity index (χ2n) is 6.32. The van der Waals surface area contributed by atoms with Crippen molar-refractivity contribution in [3.05, 3.63) is 12.4 Å². The molecule has 1 saturated heterocycles. The van der Waals surface area contributed by atoms with Crippen molar-refractivity contribution in [1.29, 1.82) is 0 Å². The van der Waals surface area contributed by atoms with E-state index in [1.807, 2.05) is 38.0 Å². The van der Waals surface area contributed by atoms with E-state index in [9.17, 15) is 4.79 Å². The van der Waals surface area contributed by atoms with Gasteiger partial charge in [0.1, 0.15) is 0 Å². The van der Waals surface area contributed by atoms with Crippen LogP contribution in [-0.4, -0.2) is 41.4 Å². The Balaban J connectivity index is 1.99. The van der Waals surface area contributed by atoms with Crippen LogP contribution in [0.5, 0.6) is 0 Å². The predicted molar refractivity (Wildman–Crippen MR) is 88.7 cm³/mol. The van der Waals surface area contributed by atoms with Gasteiger partial charge in [-0.15, -0.1) is 0 Å². The fourth-order valence-corrected chi connectivity index (χ4v) is 3.19. The molecular weight excluding hydrogens is 278 g/mol. The molecule has 0 bridgehead atoms. The molecule has 3 N–H and O–H groups in total. The number of carbonyl (C=O) groups excluding carboxylic acids is 1. The van der Waals surface area contributed by atoms with Crippen LogP contribution >= 0.6 is 0 Å². The van der Waals surface area contributed by atoms with Crippen molar-refractivity contribution in [3.63, 3.8) is 0 Å². The van der Waals surface area contributed by atoms with Gasteiger partial charge in [0.05, 0.1) is 17.3 Å². The summed E-state index contributed by atoms with van der Waals surface area (Å²) in [5, 5.41) is 7.46. The van der Waals surface area contributed by atoms with Crippen LogP contribution in [0.1, 0.15) is 39.5 Å². The number of nitrogens with two attached hydrogens (primary N) is 1. The van der Waals surface area contributed by atoms with E-state index in [1.54, 1.807) is 0 Å². The van der Waals surface area contributed by atoms with Crippen LogP contribution in [-0.2, 0) is 11.8 Å². The van der Waals surface area contributed by atoms with Crippen molar-refractivity contribution in [2.24, 2.45) is 18.2 Å². The maximum Gasteiger partial charge on any atom is 0.227 e. The summed E-state index contributed by atoms with van der Waals surface area (Å²) in [5.41, 5.74) is 6.58. The normalized spacial score (nSPS) is 19.3. The molecule has 1 aliphatic rings. The summed E-state index contributed by atoms with van der Waals surface area (Å²) >= 11 is 0. The SMILES string of the molecule is CCC(CC)(CN)C(=O)NC1CCCN(c2cnn(C)c2)C1. The lowest BCUT2D eigenvalue weighted by atomic mass is 9.81. The zero-order valence-corrected chi connectivity index (χ0v) is 14.0. The average Bonchev–Trinajstić information content (AvgIpc) is 2.96. The maximum atomic E-state index is 12.6. The monoisotopic (exact) mass is 307 g/mol. The highest BCUT2D eigenvalue weighted by molar-refractivity contribution is 5.83. The number of hydrogen-bond donors (Lipinski definition) is 2. The molecular formula is C16H29N5O. The largest absolute Gasteiger partial charge is 0.367 e. The molecule has 124 valence electrons. The number of rotatable bonds is 6. The number of nitrogens with zero attached hydrogens (tertiary/aromatic N) is 3. The molecule has 1 fully saturated rings. The van der Waals surface area contributed by atoms with Crippen LogP contribution in [0.2, 0.25) is 0 Å². The number of aryl methyl sites for hydroxylation is 1. The third-order valence-corrected chi connectivity index (χ3v) is 5.04. The van der Waals surface area contributed by atoms with Crippen molar-refractivity contribution in [2.75, 3.05) is 24.5 Å². The molecule has 22 heavy (non-hydrogen) atoms. The van der Waals surface area contributed by atoms with Gasteiger partial charge in [0.15, 0.2) is 0 Å². The minimum Gasteiger partial charge on any atom is -0.367 e. The van der Waals surface area contributed by atoms with Gasteiger partial charge in [-0.3, -0.25) is 9.48 Å². The molecule has 0 radical (unpaired) electrons. The Morgan fingerprint density at radius 2 is 2.23 bits per heavy atom. The topological polar surface area (TPSA) is 76.2 Å². The van der Waals surface area contributed by atoms with Gasteiger partial charge < -0.3 is 16.0 Å². The van der Waals surface area contributed by atoms with Gasteiger partial charge >= 0.3 is 0 Å². The highest BCUT2D eigenvalue weighted by Gasteiger charge is 2.35. The van der Waals surface area contributed by atoms with Crippen molar-refractivity contribution < 1.29 is 4.79 Å². The Morgan fingerprint density at radius 1 is 1.50 bits per heavy atom. The lowest BCUT2D eigenvalue weighted by Crippen LogP contribution is -2.53. The van der Waals surface area contributed by atoms with Crippen molar-refractivity contribution in [3.8, 4) is 0 Å². The van der Waals surface area contributed by atoms with Gasteiger partial charge in [-0.25, -0.2) is 0 Å². The van der Waals surface area contributed by atoms with E-state index in [1.165, 1.54) is 0 Å². The molecule has 1 aromatic rings. The highest BCUT2D eigenvalue weighted by Crippen LogP contribution is 2.26. The zero-order valence-electron chi connectivity index (χ0n) is 14.0. The van der Waals surface area contributed by atoms with Crippen LogP contribution in [0.4, 0.5) is 5.69 Å². The predicted octanol–water partition coefficient (Wildman–Crippen LogP) is 1.27. The fraction of sp³-hybridized carbons (Fsp3) is 0.750. The highest BCUT2D eigenvalue weighted by atomic mass is 16.2. The fourth-order valence-electron chi connectivity index (χ4n) is 3.19. The van der Waals surface area contributed by atoms with Crippen LogP contribution in [0, 0.1) is 5.41 Å². The Kier molecular flexibility index (Phi) is 5.45. The minimum atomic E-state index is -0.420. The Bertz CT molecular complexity index is 486. The second-order valence-corrected chi connectivity index (χ2v) is 6.32. The molecule has 1 unspecified atom stereocenters. The summed E-state index contributed by atoms with van der Waals surface area (Å²) in [6.07, 6.45) is 7.57. The molecule has 1 aliphatic heterocycles. The molecule has 0 aromatic carbocycles. The molecule has 2 heterocycles.